The van der Waals surface area contributed by atoms with Crippen molar-refractivity contribution in [3.63, 3.8) is 0 Å². The lowest BCUT2D eigenvalue weighted by Crippen LogP contribution is -2.08. The van der Waals surface area contributed by atoms with Crippen LogP contribution in [0.1, 0.15) is 21.8 Å². The number of aryl methyl sites for hydroxylation is 1. The fraction of sp³-hybridized carbons (Fsp3) is 0.231. The highest BCUT2D eigenvalue weighted by atomic mass is 16.4. The van der Waals surface area contributed by atoms with Crippen molar-refractivity contribution in [2.75, 3.05) is 11.9 Å². The van der Waals surface area contributed by atoms with Gasteiger partial charge in [0.05, 0.1) is 17.5 Å². The normalized spacial score (nSPS) is 10.3. The lowest BCUT2D eigenvalue weighted by atomic mass is 10.2. The van der Waals surface area contributed by atoms with E-state index in [1.807, 2.05) is 12.1 Å². The first-order chi connectivity index (χ1) is 8.66. The Kier molecular flexibility index (Phi) is 3.62. The molecule has 0 saturated heterocycles. The molecule has 94 valence electrons. The smallest absolute Gasteiger partial charge is 0.337 e. The highest BCUT2D eigenvalue weighted by molar-refractivity contribution is 5.89. The van der Waals surface area contributed by atoms with Gasteiger partial charge in [-0.1, -0.05) is 0 Å². The highest BCUT2D eigenvalue weighted by Crippen LogP contribution is 2.10. The predicted molar refractivity (Wildman–Crippen MR) is 66.8 cm³/mol. The molecule has 0 aliphatic rings. The summed E-state index contributed by atoms with van der Waals surface area (Å²) in [6, 6.07) is 6.98. The van der Waals surface area contributed by atoms with E-state index in [9.17, 15) is 4.79 Å². The third-order valence-electron chi connectivity index (χ3n) is 2.57. The Morgan fingerprint density at radius 1 is 1.44 bits per heavy atom. The van der Waals surface area contributed by atoms with Gasteiger partial charge in [-0.3, -0.25) is 0 Å². The number of carboxylic acid groups (broad SMARTS) is 1. The minimum Gasteiger partial charge on any atom is -0.478 e. The Morgan fingerprint density at radius 2 is 2.28 bits per heavy atom. The molecule has 0 aromatic carbocycles. The molecule has 2 N–H and O–H groups in total. The van der Waals surface area contributed by atoms with Gasteiger partial charge in [-0.05, 0) is 31.2 Å². The second-order valence-corrected chi connectivity index (χ2v) is 3.89. The number of carboxylic acids is 1. The van der Waals surface area contributed by atoms with Gasteiger partial charge >= 0.3 is 5.97 Å². The maximum atomic E-state index is 10.8. The zero-order valence-electron chi connectivity index (χ0n) is 10.0. The maximum absolute atomic E-state index is 10.8. The molecule has 2 heterocycles. The Bertz CT molecular complexity index is 535. The molecule has 2 rings (SSSR count). The van der Waals surface area contributed by atoms with Crippen LogP contribution in [0.15, 0.2) is 34.9 Å². The molecule has 0 amide bonds. The van der Waals surface area contributed by atoms with Crippen molar-refractivity contribution in [2.24, 2.45) is 0 Å². The number of carbonyl (C=O) groups is 1. The topological polar surface area (TPSA) is 75.4 Å². The van der Waals surface area contributed by atoms with E-state index in [0.29, 0.717) is 18.1 Å². The Morgan fingerprint density at radius 3 is 2.89 bits per heavy atom. The number of nitrogens with one attached hydrogen (secondary N) is 1. The van der Waals surface area contributed by atoms with Crippen molar-refractivity contribution in [1.29, 1.82) is 0 Å². The molecule has 0 spiro atoms. The summed E-state index contributed by atoms with van der Waals surface area (Å²) in [5, 5.41) is 12.0. The summed E-state index contributed by atoms with van der Waals surface area (Å²) in [4.78, 5) is 15.0. The van der Waals surface area contributed by atoms with Crippen molar-refractivity contribution in [3.8, 4) is 0 Å². The van der Waals surface area contributed by atoms with Crippen LogP contribution >= 0.6 is 0 Å². The van der Waals surface area contributed by atoms with Gasteiger partial charge in [0.2, 0.25) is 0 Å². The Hall–Kier alpha value is -2.30. The number of anilines is 1. The minimum atomic E-state index is -0.956. The van der Waals surface area contributed by atoms with E-state index in [0.717, 1.165) is 12.2 Å². The summed E-state index contributed by atoms with van der Waals surface area (Å²) in [5.74, 6) is 0.618. The third-order valence-corrected chi connectivity index (χ3v) is 2.57. The van der Waals surface area contributed by atoms with Crippen LogP contribution in [-0.4, -0.2) is 22.6 Å². The maximum Gasteiger partial charge on any atom is 0.337 e. The summed E-state index contributed by atoms with van der Waals surface area (Å²) < 4.78 is 5.21. The quantitative estimate of drug-likeness (QED) is 0.846. The standard InChI is InChI=1S/C13H14N2O3/c1-9-11(13(16)17)4-5-12(15-9)14-7-6-10-3-2-8-18-10/h2-5,8H,6-7H2,1H3,(H,14,15)(H,16,17). The number of aromatic nitrogens is 1. The summed E-state index contributed by atoms with van der Waals surface area (Å²) >= 11 is 0. The van der Waals surface area contributed by atoms with E-state index in [2.05, 4.69) is 10.3 Å². The molecule has 2 aromatic heterocycles. The van der Waals surface area contributed by atoms with Crippen LogP contribution in [-0.2, 0) is 6.42 Å². The van der Waals surface area contributed by atoms with Gasteiger partial charge in [0, 0.05) is 13.0 Å². The van der Waals surface area contributed by atoms with E-state index in [1.54, 1.807) is 25.3 Å². The molecule has 5 heteroatoms. The van der Waals surface area contributed by atoms with Crippen molar-refractivity contribution >= 4 is 11.8 Å². The largest absolute Gasteiger partial charge is 0.478 e. The molecule has 0 aliphatic heterocycles. The fourth-order valence-corrected chi connectivity index (χ4v) is 1.65. The summed E-state index contributed by atoms with van der Waals surface area (Å²) in [6.07, 6.45) is 2.40. The molecular formula is C13H14N2O3. The van der Waals surface area contributed by atoms with Crippen molar-refractivity contribution in [2.45, 2.75) is 13.3 Å². The van der Waals surface area contributed by atoms with Crippen LogP contribution in [0, 0.1) is 6.92 Å². The number of hydrogen-bond acceptors (Lipinski definition) is 4. The van der Waals surface area contributed by atoms with Gasteiger partial charge in [-0.25, -0.2) is 9.78 Å². The lowest BCUT2D eigenvalue weighted by molar-refractivity contribution is 0.0695. The zero-order chi connectivity index (χ0) is 13.0. The SMILES string of the molecule is Cc1nc(NCCc2ccco2)ccc1C(=O)O. The second kappa shape index (κ2) is 5.35. The van der Waals surface area contributed by atoms with Crippen LogP contribution < -0.4 is 5.32 Å². The highest BCUT2D eigenvalue weighted by Gasteiger charge is 2.08. The van der Waals surface area contributed by atoms with E-state index < -0.39 is 5.97 Å². The average Bonchev–Trinajstić information content (AvgIpc) is 2.81. The van der Waals surface area contributed by atoms with Gasteiger partial charge < -0.3 is 14.8 Å². The second-order valence-electron chi connectivity index (χ2n) is 3.89. The molecule has 5 nitrogen and oxygen atoms in total. The number of nitrogens with zero attached hydrogens (tertiary/aromatic N) is 1. The van der Waals surface area contributed by atoms with Crippen LogP contribution in [0.2, 0.25) is 0 Å². The average molecular weight is 246 g/mol. The first-order valence-corrected chi connectivity index (χ1v) is 5.64. The predicted octanol–water partition coefficient (Wildman–Crippen LogP) is 2.34. The molecule has 2 aromatic rings. The number of hydrogen-bond donors (Lipinski definition) is 2. The van der Waals surface area contributed by atoms with Crippen LogP contribution in [0.5, 0.6) is 0 Å². The summed E-state index contributed by atoms with van der Waals surface area (Å²) in [6.45, 7) is 2.37. The molecule has 18 heavy (non-hydrogen) atoms. The summed E-state index contributed by atoms with van der Waals surface area (Å²) in [7, 11) is 0. The minimum absolute atomic E-state index is 0.228. The van der Waals surface area contributed by atoms with Crippen LogP contribution in [0.4, 0.5) is 5.82 Å². The molecule has 0 unspecified atom stereocenters. The first kappa shape index (κ1) is 12.2. The van der Waals surface area contributed by atoms with E-state index in [-0.39, 0.29) is 5.56 Å². The van der Waals surface area contributed by atoms with Gasteiger partial charge in [0.1, 0.15) is 11.6 Å². The van der Waals surface area contributed by atoms with Crippen molar-refractivity contribution in [3.05, 3.63) is 47.5 Å². The number of aromatic carboxylic acids is 1. The molecule has 0 bridgehead atoms. The van der Waals surface area contributed by atoms with Gasteiger partial charge in [-0.2, -0.15) is 0 Å². The van der Waals surface area contributed by atoms with Gasteiger partial charge in [-0.15, -0.1) is 0 Å². The number of pyridine rings is 1. The van der Waals surface area contributed by atoms with Gasteiger partial charge in [0.15, 0.2) is 0 Å². The number of furan rings is 1. The fourth-order valence-electron chi connectivity index (χ4n) is 1.65. The van der Waals surface area contributed by atoms with Gasteiger partial charge in [0.25, 0.3) is 0 Å². The Labute approximate surface area is 104 Å². The molecule has 0 fully saturated rings. The van der Waals surface area contributed by atoms with Crippen molar-refractivity contribution in [1.82, 2.24) is 4.98 Å². The lowest BCUT2D eigenvalue weighted by Gasteiger charge is -2.06. The molecule has 0 saturated carbocycles. The third kappa shape index (κ3) is 2.88. The summed E-state index contributed by atoms with van der Waals surface area (Å²) in [5.41, 5.74) is 0.733. The molecule has 0 atom stereocenters. The molecular weight excluding hydrogens is 232 g/mol. The number of rotatable bonds is 5. The first-order valence-electron chi connectivity index (χ1n) is 5.64. The van der Waals surface area contributed by atoms with Crippen LogP contribution in [0.25, 0.3) is 0 Å². The van der Waals surface area contributed by atoms with Crippen LogP contribution in [0.3, 0.4) is 0 Å². The van der Waals surface area contributed by atoms with E-state index >= 15 is 0 Å². The van der Waals surface area contributed by atoms with E-state index in [4.69, 9.17) is 9.52 Å². The zero-order valence-corrected chi connectivity index (χ0v) is 10.0. The molecule has 0 radical (unpaired) electrons. The monoisotopic (exact) mass is 246 g/mol. The van der Waals surface area contributed by atoms with Crippen molar-refractivity contribution < 1.29 is 14.3 Å². The van der Waals surface area contributed by atoms with E-state index in [1.165, 1.54) is 0 Å². The Balaban J connectivity index is 1.94. The molecule has 0 aliphatic carbocycles.